The van der Waals surface area contributed by atoms with Crippen LogP contribution in [0, 0.1) is 18.3 Å². The molecule has 0 unspecified atom stereocenters. The summed E-state index contributed by atoms with van der Waals surface area (Å²) in [5, 5.41) is 8.98. The molecule has 78 valence electrons. The Kier molecular flexibility index (Phi) is 2.98. The average Bonchev–Trinajstić information content (AvgIpc) is 2.33. The van der Waals surface area contributed by atoms with Gasteiger partial charge in [-0.3, -0.25) is 0 Å². The molecule has 0 atom stereocenters. The van der Waals surface area contributed by atoms with Crippen LogP contribution in [0.3, 0.4) is 0 Å². The second-order valence-corrected chi connectivity index (χ2v) is 3.82. The molecule has 1 heterocycles. The van der Waals surface area contributed by atoms with Gasteiger partial charge in [0.1, 0.15) is 0 Å². The van der Waals surface area contributed by atoms with E-state index >= 15 is 0 Å². The van der Waals surface area contributed by atoms with Gasteiger partial charge in [-0.15, -0.1) is 0 Å². The topological polar surface area (TPSA) is 27.7 Å². The van der Waals surface area contributed by atoms with Crippen molar-refractivity contribution in [2.75, 3.05) is 0 Å². The molecular weight excluding hydrogens is 196 g/mol. The van der Waals surface area contributed by atoms with Gasteiger partial charge in [0.2, 0.25) is 0 Å². The van der Waals surface area contributed by atoms with E-state index in [9.17, 15) is 0 Å². The van der Waals surface area contributed by atoms with Crippen molar-refractivity contribution in [3.05, 3.63) is 65.5 Å². The molecule has 0 aliphatic heterocycles. The van der Waals surface area contributed by atoms with Gasteiger partial charge in [-0.05, 0) is 18.6 Å². The lowest BCUT2D eigenvalue weighted by molar-refractivity contribution is -0.688. The van der Waals surface area contributed by atoms with Crippen LogP contribution in [-0.2, 0) is 6.54 Å². The third-order valence-corrected chi connectivity index (χ3v) is 2.55. The first-order chi connectivity index (χ1) is 7.79. The van der Waals surface area contributed by atoms with E-state index in [4.69, 9.17) is 5.26 Å². The molecule has 0 N–H and O–H groups in total. The molecule has 2 rings (SSSR count). The molecule has 0 aliphatic rings. The Balaban J connectivity index is 2.27. The first-order valence-corrected chi connectivity index (χ1v) is 5.23. The second-order valence-electron chi connectivity index (χ2n) is 3.82. The van der Waals surface area contributed by atoms with Gasteiger partial charge in [-0.2, -0.15) is 5.26 Å². The predicted molar refractivity (Wildman–Crippen MR) is 61.6 cm³/mol. The number of aromatic nitrogens is 1. The van der Waals surface area contributed by atoms with E-state index in [1.807, 2.05) is 36.7 Å². The van der Waals surface area contributed by atoms with Gasteiger partial charge in [0.25, 0.3) is 0 Å². The summed E-state index contributed by atoms with van der Waals surface area (Å²) in [6.07, 6.45) is 4.06. The van der Waals surface area contributed by atoms with Crippen molar-refractivity contribution in [3.8, 4) is 6.07 Å². The van der Waals surface area contributed by atoms with Crippen LogP contribution in [0.2, 0.25) is 0 Å². The molecule has 0 spiro atoms. The molecule has 2 nitrogen and oxygen atoms in total. The van der Waals surface area contributed by atoms with E-state index < -0.39 is 0 Å². The van der Waals surface area contributed by atoms with Crippen molar-refractivity contribution in [1.82, 2.24) is 0 Å². The zero-order valence-corrected chi connectivity index (χ0v) is 9.22. The maximum absolute atomic E-state index is 8.98. The third-order valence-electron chi connectivity index (χ3n) is 2.55. The first kappa shape index (κ1) is 10.4. The first-order valence-electron chi connectivity index (χ1n) is 5.23. The number of hydrogen-bond donors (Lipinski definition) is 0. The molecule has 0 radical (unpaired) electrons. The van der Waals surface area contributed by atoms with Crippen molar-refractivity contribution in [3.63, 3.8) is 0 Å². The minimum Gasteiger partial charge on any atom is -0.201 e. The fourth-order valence-electron chi connectivity index (χ4n) is 1.60. The Morgan fingerprint density at radius 2 is 1.81 bits per heavy atom. The molecule has 2 heteroatoms. The van der Waals surface area contributed by atoms with Crippen molar-refractivity contribution >= 4 is 0 Å². The van der Waals surface area contributed by atoms with E-state index in [0.717, 1.165) is 17.7 Å². The van der Waals surface area contributed by atoms with E-state index in [0.29, 0.717) is 0 Å². The Bertz CT molecular complexity index is 521. The van der Waals surface area contributed by atoms with Crippen LogP contribution < -0.4 is 4.57 Å². The normalized spacial score (nSPS) is 9.75. The lowest BCUT2D eigenvalue weighted by Gasteiger charge is -2.00. The van der Waals surface area contributed by atoms with E-state index in [2.05, 4.69) is 29.7 Å². The minimum absolute atomic E-state index is 0.740. The highest BCUT2D eigenvalue weighted by Crippen LogP contribution is 2.06. The molecule has 1 aromatic heterocycles. The number of nitriles is 1. The van der Waals surface area contributed by atoms with Gasteiger partial charge in [-0.1, -0.05) is 18.2 Å². The molecule has 0 saturated carbocycles. The third kappa shape index (κ3) is 2.26. The van der Waals surface area contributed by atoms with Gasteiger partial charge in [0.15, 0.2) is 18.9 Å². The van der Waals surface area contributed by atoms with Gasteiger partial charge in [0, 0.05) is 17.7 Å². The number of pyridine rings is 1. The molecule has 0 saturated heterocycles. The Morgan fingerprint density at radius 1 is 1.12 bits per heavy atom. The second kappa shape index (κ2) is 4.59. The fourth-order valence-corrected chi connectivity index (χ4v) is 1.60. The lowest BCUT2D eigenvalue weighted by Crippen LogP contribution is -2.33. The van der Waals surface area contributed by atoms with Gasteiger partial charge < -0.3 is 0 Å². The maximum Gasteiger partial charge on any atom is 0.175 e. The lowest BCUT2D eigenvalue weighted by atomic mass is 10.1. The molecule has 0 bridgehead atoms. The van der Waals surface area contributed by atoms with Gasteiger partial charge >= 0.3 is 0 Å². The Morgan fingerprint density at radius 3 is 2.50 bits per heavy atom. The number of aryl methyl sites for hydroxylation is 1. The molecule has 1 aromatic carbocycles. The molecule has 0 aliphatic carbocycles. The van der Waals surface area contributed by atoms with Crippen LogP contribution >= 0.6 is 0 Å². The summed E-state index contributed by atoms with van der Waals surface area (Å²) in [6.45, 7) is 2.80. The monoisotopic (exact) mass is 209 g/mol. The number of rotatable bonds is 2. The summed E-state index contributed by atoms with van der Waals surface area (Å²) in [5.41, 5.74) is 3.04. The maximum atomic E-state index is 8.98. The van der Waals surface area contributed by atoms with Crippen LogP contribution in [0.25, 0.3) is 0 Å². The molecule has 16 heavy (non-hydrogen) atoms. The van der Waals surface area contributed by atoms with E-state index in [-0.39, 0.29) is 0 Å². The number of hydrogen-bond acceptors (Lipinski definition) is 1. The van der Waals surface area contributed by atoms with Gasteiger partial charge in [0.05, 0.1) is 11.6 Å². The highest BCUT2D eigenvalue weighted by molar-refractivity contribution is 5.36. The zero-order valence-electron chi connectivity index (χ0n) is 9.22. The van der Waals surface area contributed by atoms with Crippen molar-refractivity contribution in [2.24, 2.45) is 0 Å². The Hall–Kier alpha value is -2.14. The summed E-state index contributed by atoms with van der Waals surface area (Å²) in [7, 11) is 0. The van der Waals surface area contributed by atoms with Crippen LogP contribution in [0.5, 0.6) is 0 Å². The largest absolute Gasteiger partial charge is 0.201 e. The minimum atomic E-state index is 0.740. The average molecular weight is 209 g/mol. The molecule has 0 fully saturated rings. The van der Waals surface area contributed by atoms with E-state index in [1.165, 1.54) is 5.56 Å². The van der Waals surface area contributed by atoms with Crippen LogP contribution in [0.1, 0.15) is 16.7 Å². The molecular formula is C14H13N2+. The standard InChI is InChI=1S/C14H13N2/c1-12-6-8-16(9-7-12)11-14-5-3-2-4-13(14)10-15/h2-9H,11H2,1H3/q+1. The summed E-state index contributed by atoms with van der Waals surface area (Å²) >= 11 is 0. The summed E-state index contributed by atoms with van der Waals surface area (Å²) in [4.78, 5) is 0. The summed E-state index contributed by atoms with van der Waals surface area (Å²) < 4.78 is 2.07. The predicted octanol–water partition coefficient (Wildman–Crippen LogP) is 2.20. The van der Waals surface area contributed by atoms with Crippen molar-refractivity contribution in [1.29, 1.82) is 5.26 Å². The molecule has 2 aromatic rings. The van der Waals surface area contributed by atoms with Crippen LogP contribution in [0.15, 0.2) is 48.8 Å². The van der Waals surface area contributed by atoms with Crippen molar-refractivity contribution < 1.29 is 4.57 Å². The van der Waals surface area contributed by atoms with Crippen molar-refractivity contribution in [2.45, 2.75) is 13.5 Å². The smallest absolute Gasteiger partial charge is 0.175 e. The number of nitrogens with zero attached hydrogens (tertiary/aromatic N) is 2. The van der Waals surface area contributed by atoms with Crippen LogP contribution in [0.4, 0.5) is 0 Å². The summed E-state index contributed by atoms with van der Waals surface area (Å²) in [5.74, 6) is 0. The zero-order chi connectivity index (χ0) is 11.4. The quantitative estimate of drug-likeness (QED) is 0.697. The highest BCUT2D eigenvalue weighted by Gasteiger charge is 2.06. The highest BCUT2D eigenvalue weighted by atomic mass is 14.9. The van der Waals surface area contributed by atoms with Crippen LogP contribution in [-0.4, -0.2) is 0 Å². The summed E-state index contributed by atoms with van der Waals surface area (Å²) in [6, 6.07) is 14.0. The molecule has 0 amide bonds. The fraction of sp³-hybridized carbons (Fsp3) is 0.143. The number of benzene rings is 1. The SMILES string of the molecule is Cc1cc[n+](Cc2ccccc2C#N)cc1. The van der Waals surface area contributed by atoms with E-state index in [1.54, 1.807) is 0 Å². The Labute approximate surface area is 95.4 Å². The van der Waals surface area contributed by atoms with Gasteiger partial charge in [-0.25, -0.2) is 4.57 Å².